The molecule has 0 rings (SSSR count). The largest absolute Gasteiger partial charge is 0.480 e. The van der Waals surface area contributed by atoms with E-state index in [0.717, 1.165) is 0 Å². The molecule has 0 amide bonds. The molecule has 0 aromatic carbocycles. The Balaban J connectivity index is 3.64. The first-order valence-corrected chi connectivity index (χ1v) is 3.18. The Morgan fingerprint density at radius 2 is 2.38 bits per heavy atom. The van der Waals surface area contributed by atoms with E-state index in [1.807, 2.05) is 22.6 Å². The molecule has 0 aliphatic heterocycles. The van der Waals surface area contributed by atoms with E-state index in [1.54, 1.807) is 4.08 Å². The van der Waals surface area contributed by atoms with Gasteiger partial charge in [-0.3, -0.25) is 4.79 Å². The molecule has 0 aromatic heterocycles. The maximum Gasteiger partial charge on any atom is 0.324 e. The number of rotatable bonds is 2. The van der Waals surface area contributed by atoms with Gasteiger partial charge in [0.25, 0.3) is 0 Å². The molecular formula is C4H6INO2. The monoisotopic (exact) mass is 227 g/mol. The molecule has 0 saturated carbocycles. The van der Waals surface area contributed by atoms with E-state index < -0.39 is 12.0 Å². The van der Waals surface area contributed by atoms with Gasteiger partial charge in [-0.2, -0.15) is 0 Å². The molecule has 0 radical (unpaired) electrons. The van der Waals surface area contributed by atoms with Crippen molar-refractivity contribution in [2.24, 2.45) is 5.73 Å². The third kappa shape index (κ3) is 2.98. The minimum absolute atomic E-state index is 0.855. The Morgan fingerprint density at radius 3 is 2.50 bits per heavy atom. The quantitative estimate of drug-likeness (QED) is 0.669. The third-order valence-electron chi connectivity index (χ3n) is 0.565. The van der Waals surface area contributed by atoms with Crippen molar-refractivity contribution in [1.82, 2.24) is 0 Å². The predicted octanol–water partition coefficient (Wildman–Crippen LogP) is 0.347. The Bertz CT molecular complexity index is 113. The molecule has 0 bridgehead atoms. The molecule has 0 aliphatic carbocycles. The maximum atomic E-state index is 9.91. The number of carbonyl (C=O) groups is 1. The van der Waals surface area contributed by atoms with Crippen molar-refractivity contribution in [3.8, 4) is 0 Å². The average Bonchev–Trinajstić information content (AvgIpc) is 1.67. The SMILES string of the molecule is NC(/C=C/I)C(=O)O. The molecule has 0 fully saturated rings. The Hall–Kier alpha value is -0.100. The molecule has 46 valence electrons. The lowest BCUT2D eigenvalue weighted by Crippen LogP contribution is -2.27. The van der Waals surface area contributed by atoms with Crippen LogP contribution in [0.3, 0.4) is 0 Å². The Kier molecular flexibility index (Phi) is 3.80. The van der Waals surface area contributed by atoms with Crippen molar-refractivity contribution >= 4 is 28.6 Å². The molecule has 8 heavy (non-hydrogen) atoms. The number of hydrogen-bond acceptors (Lipinski definition) is 2. The molecule has 4 heteroatoms. The Labute approximate surface area is 60.7 Å². The summed E-state index contributed by atoms with van der Waals surface area (Å²) < 4.78 is 1.58. The number of carboxylic acid groups (broad SMARTS) is 1. The van der Waals surface area contributed by atoms with E-state index in [0.29, 0.717) is 0 Å². The number of aliphatic carboxylic acids is 1. The van der Waals surface area contributed by atoms with Gasteiger partial charge < -0.3 is 10.8 Å². The van der Waals surface area contributed by atoms with Crippen LogP contribution in [-0.2, 0) is 4.79 Å². The highest BCUT2D eigenvalue weighted by Gasteiger charge is 2.03. The molecule has 3 N–H and O–H groups in total. The van der Waals surface area contributed by atoms with Gasteiger partial charge >= 0.3 is 5.97 Å². The van der Waals surface area contributed by atoms with Gasteiger partial charge in [-0.15, -0.1) is 0 Å². The van der Waals surface area contributed by atoms with E-state index in [4.69, 9.17) is 10.8 Å². The molecule has 1 atom stereocenters. The molecule has 0 spiro atoms. The molecule has 0 saturated heterocycles. The normalized spacial score (nSPS) is 14.2. The van der Waals surface area contributed by atoms with Crippen LogP contribution in [0.2, 0.25) is 0 Å². The van der Waals surface area contributed by atoms with Crippen LogP contribution < -0.4 is 5.73 Å². The van der Waals surface area contributed by atoms with E-state index in [-0.39, 0.29) is 0 Å². The van der Waals surface area contributed by atoms with Gasteiger partial charge in [0.2, 0.25) is 0 Å². The first-order chi connectivity index (χ1) is 3.68. The topological polar surface area (TPSA) is 63.3 Å². The van der Waals surface area contributed by atoms with Gasteiger partial charge in [0.05, 0.1) is 0 Å². The van der Waals surface area contributed by atoms with Crippen LogP contribution in [0.1, 0.15) is 0 Å². The van der Waals surface area contributed by atoms with E-state index in [2.05, 4.69) is 0 Å². The molecular weight excluding hydrogens is 221 g/mol. The summed E-state index contributed by atoms with van der Waals surface area (Å²) in [6, 6.07) is -0.855. The molecule has 0 aromatic rings. The molecule has 0 heterocycles. The van der Waals surface area contributed by atoms with Crippen LogP contribution in [0.4, 0.5) is 0 Å². The van der Waals surface area contributed by atoms with E-state index >= 15 is 0 Å². The van der Waals surface area contributed by atoms with Crippen molar-refractivity contribution in [3.05, 3.63) is 10.2 Å². The second kappa shape index (κ2) is 3.85. The van der Waals surface area contributed by atoms with Crippen LogP contribution in [0.25, 0.3) is 0 Å². The second-order valence-corrected chi connectivity index (χ2v) is 1.90. The summed E-state index contributed by atoms with van der Waals surface area (Å²) in [4.78, 5) is 9.91. The third-order valence-corrected chi connectivity index (χ3v) is 0.980. The van der Waals surface area contributed by atoms with Crippen LogP contribution >= 0.6 is 22.6 Å². The summed E-state index contributed by atoms with van der Waals surface area (Å²) in [5.41, 5.74) is 5.04. The van der Waals surface area contributed by atoms with Gasteiger partial charge in [-0.1, -0.05) is 28.7 Å². The van der Waals surface area contributed by atoms with Crippen LogP contribution in [0, 0.1) is 0 Å². The lowest BCUT2D eigenvalue weighted by Gasteiger charge is -1.93. The van der Waals surface area contributed by atoms with Gasteiger partial charge in [0.15, 0.2) is 0 Å². The van der Waals surface area contributed by atoms with Gasteiger partial charge in [-0.05, 0) is 4.08 Å². The zero-order valence-corrected chi connectivity index (χ0v) is 6.20. The number of nitrogens with two attached hydrogens (primary N) is 1. The fourth-order valence-electron chi connectivity index (χ4n) is 0.161. The molecule has 3 nitrogen and oxygen atoms in total. The fraction of sp³-hybridized carbons (Fsp3) is 0.250. The van der Waals surface area contributed by atoms with E-state index in [1.165, 1.54) is 6.08 Å². The van der Waals surface area contributed by atoms with Gasteiger partial charge in [0.1, 0.15) is 6.04 Å². The summed E-state index contributed by atoms with van der Waals surface area (Å²) in [7, 11) is 0. The van der Waals surface area contributed by atoms with Crippen LogP contribution in [-0.4, -0.2) is 17.1 Å². The second-order valence-electron chi connectivity index (χ2n) is 1.18. The first kappa shape index (κ1) is 7.90. The molecule has 0 aliphatic rings. The maximum absolute atomic E-state index is 9.91. The van der Waals surface area contributed by atoms with Crippen LogP contribution in [0.5, 0.6) is 0 Å². The first-order valence-electron chi connectivity index (χ1n) is 1.93. The van der Waals surface area contributed by atoms with Gasteiger partial charge in [-0.25, -0.2) is 0 Å². The number of carboxylic acids is 1. The highest BCUT2D eigenvalue weighted by Crippen LogP contribution is 1.87. The highest BCUT2D eigenvalue weighted by molar-refractivity contribution is 14.1. The lowest BCUT2D eigenvalue weighted by atomic mass is 10.3. The zero-order valence-electron chi connectivity index (χ0n) is 4.04. The lowest BCUT2D eigenvalue weighted by molar-refractivity contribution is -0.137. The summed E-state index contributed by atoms with van der Waals surface area (Å²) >= 11 is 1.91. The fourth-order valence-corrected chi connectivity index (χ4v) is 0.608. The average molecular weight is 227 g/mol. The minimum Gasteiger partial charge on any atom is -0.480 e. The number of halogens is 1. The van der Waals surface area contributed by atoms with Crippen molar-refractivity contribution < 1.29 is 9.90 Å². The summed E-state index contributed by atoms with van der Waals surface area (Å²) in [6.45, 7) is 0. The predicted molar refractivity (Wildman–Crippen MR) is 38.8 cm³/mol. The minimum atomic E-state index is -1.00. The molecule has 1 unspecified atom stereocenters. The van der Waals surface area contributed by atoms with Crippen molar-refractivity contribution in [3.63, 3.8) is 0 Å². The van der Waals surface area contributed by atoms with Crippen molar-refractivity contribution in [1.29, 1.82) is 0 Å². The van der Waals surface area contributed by atoms with Crippen molar-refractivity contribution in [2.75, 3.05) is 0 Å². The summed E-state index contributed by atoms with van der Waals surface area (Å²) in [5.74, 6) is -1.00. The smallest absolute Gasteiger partial charge is 0.324 e. The standard InChI is InChI=1S/C4H6INO2/c5-2-1-3(6)4(7)8/h1-3H,6H2,(H,7,8)/b2-1+. The Morgan fingerprint density at radius 1 is 1.88 bits per heavy atom. The number of hydrogen-bond donors (Lipinski definition) is 2. The zero-order chi connectivity index (χ0) is 6.57. The summed E-state index contributed by atoms with van der Waals surface area (Å²) in [5, 5.41) is 8.13. The summed E-state index contributed by atoms with van der Waals surface area (Å²) in [6.07, 6.45) is 1.41. The van der Waals surface area contributed by atoms with E-state index in [9.17, 15) is 4.79 Å². The van der Waals surface area contributed by atoms with Crippen LogP contribution in [0.15, 0.2) is 10.2 Å². The highest BCUT2D eigenvalue weighted by atomic mass is 127. The van der Waals surface area contributed by atoms with Crippen molar-refractivity contribution in [2.45, 2.75) is 6.04 Å². The van der Waals surface area contributed by atoms with Gasteiger partial charge in [0, 0.05) is 0 Å².